The summed E-state index contributed by atoms with van der Waals surface area (Å²) < 4.78 is 0. The molecule has 2 nitrogen and oxygen atoms in total. The summed E-state index contributed by atoms with van der Waals surface area (Å²) in [4.78, 5) is 6.41. The molecule has 0 atom stereocenters. The fraction of sp³-hybridized carbons (Fsp3) is 0.364. The van der Waals surface area contributed by atoms with Gasteiger partial charge in [-0.2, -0.15) is 0 Å². The van der Waals surface area contributed by atoms with Crippen molar-refractivity contribution in [3.05, 3.63) is 35.9 Å². The molecule has 0 fully saturated rings. The van der Waals surface area contributed by atoms with Crippen molar-refractivity contribution in [3.8, 4) is 0 Å². The molecule has 1 aromatic rings. The maximum atomic E-state index is 4.27. The van der Waals surface area contributed by atoms with Gasteiger partial charge in [0, 0.05) is 26.2 Å². The molecule has 0 saturated carbocycles. The standard InChI is InChI=1S/C11H16N2/c1-4-13(3)11(12-2)10-8-6-5-7-9-10/h5-9H,4H2,1-3H3/b12-11+. The molecule has 0 saturated heterocycles. The third-order valence-corrected chi connectivity index (χ3v) is 2.08. The van der Waals surface area contributed by atoms with Gasteiger partial charge in [0.15, 0.2) is 0 Å². The van der Waals surface area contributed by atoms with Crippen molar-refractivity contribution in [2.24, 2.45) is 4.99 Å². The van der Waals surface area contributed by atoms with Gasteiger partial charge in [-0.25, -0.2) is 0 Å². The molecule has 0 bridgehead atoms. The van der Waals surface area contributed by atoms with Crippen molar-refractivity contribution in [2.75, 3.05) is 20.6 Å². The Labute approximate surface area is 79.9 Å². The summed E-state index contributed by atoms with van der Waals surface area (Å²) in [5, 5.41) is 0. The van der Waals surface area contributed by atoms with Crippen LogP contribution in [0.3, 0.4) is 0 Å². The van der Waals surface area contributed by atoms with Gasteiger partial charge >= 0.3 is 0 Å². The Morgan fingerprint density at radius 2 is 1.92 bits per heavy atom. The SMILES string of the molecule is CCN(C)/C(=N/C)c1ccccc1. The average molecular weight is 176 g/mol. The number of aliphatic imine (C=N–C) groups is 1. The van der Waals surface area contributed by atoms with E-state index in [0.29, 0.717) is 0 Å². The second kappa shape index (κ2) is 4.65. The molecule has 0 spiro atoms. The van der Waals surface area contributed by atoms with Gasteiger partial charge in [-0.05, 0) is 6.92 Å². The minimum atomic E-state index is 0.974. The van der Waals surface area contributed by atoms with Gasteiger partial charge in [0.25, 0.3) is 0 Å². The first-order chi connectivity index (χ1) is 6.29. The van der Waals surface area contributed by atoms with Crippen molar-refractivity contribution in [1.29, 1.82) is 0 Å². The summed E-state index contributed by atoms with van der Waals surface area (Å²) in [5.41, 5.74) is 1.18. The summed E-state index contributed by atoms with van der Waals surface area (Å²) in [6, 6.07) is 10.2. The van der Waals surface area contributed by atoms with E-state index in [1.165, 1.54) is 5.56 Å². The van der Waals surface area contributed by atoms with Crippen molar-refractivity contribution in [2.45, 2.75) is 6.92 Å². The Hall–Kier alpha value is -1.31. The Morgan fingerprint density at radius 3 is 2.38 bits per heavy atom. The highest BCUT2D eigenvalue weighted by atomic mass is 15.1. The van der Waals surface area contributed by atoms with Crippen molar-refractivity contribution in [1.82, 2.24) is 4.90 Å². The van der Waals surface area contributed by atoms with Gasteiger partial charge in [0.05, 0.1) is 0 Å². The molecule has 0 unspecified atom stereocenters. The normalized spacial score (nSPS) is 11.5. The lowest BCUT2D eigenvalue weighted by Crippen LogP contribution is -2.27. The average Bonchev–Trinajstić information content (AvgIpc) is 2.20. The van der Waals surface area contributed by atoms with Crippen LogP contribution in [0.4, 0.5) is 0 Å². The number of nitrogens with zero attached hydrogens (tertiary/aromatic N) is 2. The van der Waals surface area contributed by atoms with Crippen LogP contribution in [0, 0.1) is 0 Å². The van der Waals surface area contributed by atoms with E-state index in [-0.39, 0.29) is 0 Å². The Bertz CT molecular complexity index is 277. The smallest absolute Gasteiger partial charge is 0.130 e. The number of benzene rings is 1. The van der Waals surface area contributed by atoms with Crippen LogP contribution in [0.1, 0.15) is 12.5 Å². The lowest BCUT2D eigenvalue weighted by Gasteiger charge is -2.18. The highest BCUT2D eigenvalue weighted by Crippen LogP contribution is 2.03. The van der Waals surface area contributed by atoms with E-state index in [9.17, 15) is 0 Å². The minimum Gasteiger partial charge on any atom is -0.360 e. The Kier molecular flexibility index (Phi) is 3.50. The molecule has 2 heteroatoms. The molecule has 0 amide bonds. The second-order valence-corrected chi connectivity index (χ2v) is 2.93. The van der Waals surface area contributed by atoms with Crippen molar-refractivity contribution < 1.29 is 0 Å². The van der Waals surface area contributed by atoms with Crippen LogP contribution in [0.15, 0.2) is 35.3 Å². The summed E-state index contributed by atoms with van der Waals surface area (Å²) in [5.74, 6) is 1.04. The zero-order valence-corrected chi connectivity index (χ0v) is 8.49. The topological polar surface area (TPSA) is 15.6 Å². The third-order valence-electron chi connectivity index (χ3n) is 2.08. The molecular weight excluding hydrogens is 160 g/mol. The Morgan fingerprint density at radius 1 is 1.31 bits per heavy atom. The molecule has 70 valence electrons. The zero-order valence-electron chi connectivity index (χ0n) is 8.49. The first-order valence-corrected chi connectivity index (χ1v) is 4.53. The van der Waals surface area contributed by atoms with Crippen molar-refractivity contribution >= 4 is 5.84 Å². The third kappa shape index (κ3) is 2.31. The van der Waals surface area contributed by atoms with Crippen LogP contribution in [0.5, 0.6) is 0 Å². The van der Waals surface area contributed by atoms with Crippen LogP contribution in [0.25, 0.3) is 0 Å². The van der Waals surface area contributed by atoms with Gasteiger partial charge in [-0.3, -0.25) is 4.99 Å². The van der Waals surface area contributed by atoms with E-state index in [4.69, 9.17) is 0 Å². The molecule has 0 aromatic heterocycles. The summed E-state index contributed by atoms with van der Waals surface area (Å²) >= 11 is 0. The van der Waals surface area contributed by atoms with Gasteiger partial charge in [-0.15, -0.1) is 0 Å². The summed E-state index contributed by atoms with van der Waals surface area (Å²) in [6.45, 7) is 3.09. The molecule has 0 aliphatic carbocycles. The molecular formula is C11H16N2. The van der Waals surface area contributed by atoms with Gasteiger partial charge in [-0.1, -0.05) is 30.3 Å². The molecule has 0 radical (unpaired) electrons. The molecule has 1 aromatic carbocycles. The van der Waals surface area contributed by atoms with E-state index in [1.54, 1.807) is 0 Å². The van der Waals surface area contributed by atoms with E-state index in [0.717, 1.165) is 12.4 Å². The molecule has 13 heavy (non-hydrogen) atoms. The van der Waals surface area contributed by atoms with Crippen LogP contribution >= 0.6 is 0 Å². The minimum absolute atomic E-state index is 0.974. The van der Waals surface area contributed by atoms with Gasteiger partial charge < -0.3 is 4.90 Å². The van der Waals surface area contributed by atoms with Crippen LogP contribution < -0.4 is 0 Å². The summed E-state index contributed by atoms with van der Waals surface area (Å²) in [6.07, 6.45) is 0. The number of rotatable bonds is 2. The fourth-order valence-corrected chi connectivity index (χ4v) is 1.26. The zero-order chi connectivity index (χ0) is 9.68. The molecule has 0 heterocycles. The Balaban J connectivity index is 2.93. The van der Waals surface area contributed by atoms with Crippen LogP contribution in [-0.4, -0.2) is 31.4 Å². The van der Waals surface area contributed by atoms with E-state index in [1.807, 2.05) is 25.2 Å². The van der Waals surface area contributed by atoms with Crippen molar-refractivity contribution in [3.63, 3.8) is 0 Å². The fourth-order valence-electron chi connectivity index (χ4n) is 1.26. The van der Waals surface area contributed by atoms with Gasteiger partial charge in [0.1, 0.15) is 5.84 Å². The number of hydrogen-bond donors (Lipinski definition) is 0. The number of amidine groups is 1. The van der Waals surface area contributed by atoms with E-state index < -0.39 is 0 Å². The highest BCUT2D eigenvalue weighted by molar-refractivity contribution is 5.98. The molecule has 0 N–H and O–H groups in total. The maximum absolute atomic E-state index is 4.27. The van der Waals surface area contributed by atoms with Crippen LogP contribution in [-0.2, 0) is 0 Å². The maximum Gasteiger partial charge on any atom is 0.130 e. The largest absolute Gasteiger partial charge is 0.360 e. The van der Waals surface area contributed by atoms with Gasteiger partial charge in [0.2, 0.25) is 0 Å². The highest BCUT2D eigenvalue weighted by Gasteiger charge is 2.04. The quantitative estimate of drug-likeness (QED) is 0.497. The van der Waals surface area contributed by atoms with E-state index >= 15 is 0 Å². The first-order valence-electron chi connectivity index (χ1n) is 4.53. The van der Waals surface area contributed by atoms with E-state index in [2.05, 4.69) is 36.0 Å². The predicted octanol–water partition coefficient (Wildman–Crippen LogP) is 2.01. The lowest BCUT2D eigenvalue weighted by molar-refractivity contribution is 0.535. The molecule has 1 rings (SSSR count). The molecule has 0 aliphatic heterocycles. The first kappa shape index (κ1) is 9.78. The second-order valence-electron chi connectivity index (χ2n) is 2.93. The lowest BCUT2D eigenvalue weighted by atomic mass is 10.2. The number of hydrogen-bond acceptors (Lipinski definition) is 1. The predicted molar refractivity (Wildman–Crippen MR) is 57.2 cm³/mol. The van der Waals surface area contributed by atoms with Crippen LogP contribution in [0.2, 0.25) is 0 Å². The monoisotopic (exact) mass is 176 g/mol. The molecule has 0 aliphatic rings. The summed E-state index contributed by atoms with van der Waals surface area (Å²) in [7, 11) is 3.88.